The van der Waals surface area contributed by atoms with Crippen molar-refractivity contribution in [3.63, 3.8) is 0 Å². The van der Waals surface area contributed by atoms with Gasteiger partial charge in [-0.15, -0.1) is 0 Å². The number of amides is 1. The molecule has 0 fully saturated rings. The van der Waals surface area contributed by atoms with E-state index in [9.17, 15) is 22.4 Å². The molecule has 0 aliphatic carbocycles. The normalized spacial score (nSPS) is 11.3. The van der Waals surface area contributed by atoms with Gasteiger partial charge in [-0.3, -0.25) is 4.79 Å². The van der Waals surface area contributed by atoms with Crippen molar-refractivity contribution < 1.29 is 22.4 Å². The highest BCUT2D eigenvalue weighted by Crippen LogP contribution is 2.33. The Kier molecular flexibility index (Phi) is 3.18. The van der Waals surface area contributed by atoms with Crippen LogP contribution in [-0.4, -0.2) is 5.37 Å². The molecule has 0 aliphatic heterocycles. The van der Waals surface area contributed by atoms with Gasteiger partial charge in [0, 0.05) is 0 Å². The zero-order chi connectivity index (χ0) is 11.6. The van der Waals surface area contributed by atoms with Gasteiger partial charge in [-0.25, -0.2) is 4.39 Å². The topological polar surface area (TPSA) is 29.1 Å². The lowest BCUT2D eigenvalue weighted by Gasteiger charge is -2.10. The molecule has 1 amide bonds. The maximum absolute atomic E-state index is 13.1. The van der Waals surface area contributed by atoms with Gasteiger partial charge in [-0.05, 0) is 23.7 Å². The third-order valence-corrected chi connectivity index (χ3v) is 1.63. The molecule has 0 radical (unpaired) electrons. The van der Waals surface area contributed by atoms with Crippen molar-refractivity contribution in [2.24, 2.45) is 0 Å². The second-order valence-electron chi connectivity index (χ2n) is 2.56. The molecule has 1 rings (SSSR count). The number of hydrogen-bond acceptors (Lipinski definition) is 1. The number of carbonyl (C=O) groups is 1. The molecule has 1 aromatic carbocycles. The molecule has 82 valence electrons. The highest BCUT2D eigenvalue weighted by Gasteiger charge is 2.34. The second kappa shape index (κ2) is 4.06. The summed E-state index contributed by atoms with van der Waals surface area (Å²) in [5.41, 5.74) is -2.06. The van der Waals surface area contributed by atoms with Crippen molar-refractivity contribution in [3.05, 3.63) is 29.6 Å². The van der Waals surface area contributed by atoms with Crippen molar-refractivity contribution in [2.75, 3.05) is 5.32 Å². The fourth-order valence-corrected chi connectivity index (χ4v) is 1.06. The van der Waals surface area contributed by atoms with Crippen molar-refractivity contribution in [1.82, 2.24) is 0 Å². The molecule has 1 aromatic rings. The molecule has 0 saturated heterocycles. The first-order valence-corrected chi connectivity index (χ1v) is 4.02. The van der Waals surface area contributed by atoms with Crippen LogP contribution in [0.2, 0.25) is 0 Å². The highest BCUT2D eigenvalue weighted by molar-refractivity contribution is 6.65. The maximum atomic E-state index is 13.1. The minimum atomic E-state index is -4.81. The Bertz CT molecular complexity index is 391. The maximum Gasteiger partial charge on any atom is 0.419 e. The fourth-order valence-electron chi connectivity index (χ4n) is 0.953. The molecule has 0 aliphatic rings. The van der Waals surface area contributed by atoms with Crippen molar-refractivity contribution in [1.29, 1.82) is 0 Å². The van der Waals surface area contributed by atoms with Gasteiger partial charge in [-0.1, -0.05) is 6.07 Å². The molecule has 0 spiro atoms. The summed E-state index contributed by atoms with van der Waals surface area (Å²) in [5, 5.41) is 0.578. The van der Waals surface area contributed by atoms with Gasteiger partial charge in [0.15, 0.2) is 5.82 Å². The van der Waals surface area contributed by atoms with Gasteiger partial charge in [-0.2, -0.15) is 13.2 Å². The zero-order valence-corrected chi connectivity index (χ0v) is 7.79. The molecule has 1 N–H and O–H groups in total. The summed E-state index contributed by atoms with van der Waals surface area (Å²) < 4.78 is 49.7. The summed E-state index contributed by atoms with van der Waals surface area (Å²) in [6.45, 7) is 0. The molecule has 0 heterocycles. The van der Waals surface area contributed by atoms with Crippen LogP contribution in [0.4, 0.5) is 28.0 Å². The van der Waals surface area contributed by atoms with Crippen LogP contribution in [0, 0.1) is 5.82 Å². The lowest BCUT2D eigenvalue weighted by Crippen LogP contribution is -2.11. The number of rotatable bonds is 1. The third kappa shape index (κ3) is 2.82. The van der Waals surface area contributed by atoms with Gasteiger partial charge in [0.05, 0.1) is 11.3 Å². The first-order valence-electron chi connectivity index (χ1n) is 3.64. The summed E-state index contributed by atoms with van der Waals surface area (Å²) in [6.07, 6.45) is -4.81. The summed E-state index contributed by atoms with van der Waals surface area (Å²) >= 11 is 4.85. The van der Waals surface area contributed by atoms with Crippen LogP contribution in [0.15, 0.2) is 18.2 Å². The van der Waals surface area contributed by atoms with E-state index in [1.54, 1.807) is 5.32 Å². The number of benzene rings is 1. The van der Waals surface area contributed by atoms with Crippen LogP contribution in [-0.2, 0) is 6.18 Å². The molecule has 15 heavy (non-hydrogen) atoms. The quantitative estimate of drug-likeness (QED) is 0.454. The van der Waals surface area contributed by atoms with Crippen LogP contribution in [0.25, 0.3) is 0 Å². The number of halogens is 5. The highest BCUT2D eigenvalue weighted by atomic mass is 35.5. The molecule has 2 nitrogen and oxygen atoms in total. The minimum absolute atomic E-state index is 0.569. The van der Waals surface area contributed by atoms with E-state index >= 15 is 0 Å². The number of nitrogens with one attached hydrogen (secondary N) is 1. The molecule has 0 unspecified atom stereocenters. The summed E-state index contributed by atoms with van der Waals surface area (Å²) in [7, 11) is 0. The van der Waals surface area contributed by atoms with Crippen LogP contribution in [0.3, 0.4) is 0 Å². The van der Waals surface area contributed by atoms with E-state index in [2.05, 4.69) is 0 Å². The standard InChI is InChI=1S/C8H4ClF4NO/c9-7(15)14-5-3-1-2-4(6(5)10)8(11,12)13/h1-3H,(H,14,15). The van der Waals surface area contributed by atoms with E-state index in [0.717, 1.165) is 12.1 Å². The third-order valence-electron chi connectivity index (χ3n) is 1.54. The summed E-state index contributed by atoms with van der Waals surface area (Å²) in [4.78, 5) is 10.3. The van der Waals surface area contributed by atoms with E-state index in [4.69, 9.17) is 11.6 Å². The Hall–Kier alpha value is -1.30. The summed E-state index contributed by atoms with van der Waals surface area (Å²) in [6, 6.07) is 2.51. The van der Waals surface area contributed by atoms with Crippen LogP contribution < -0.4 is 5.32 Å². The molecule has 0 aromatic heterocycles. The average molecular weight is 242 g/mol. The first-order chi connectivity index (χ1) is 6.82. The van der Waals surface area contributed by atoms with Crippen LogP contribution in [0.1, 0.15) is 5.56 Å². The van der Waals surface area contributed by atoms with Crippen molar-refractivity contribution >= 4 is 22.7 Å². The molecule has 0 bridgehead atoms. The smallest absolute Gasteiger partial charge is 0.310 e. The van der Waals surface area contributed by atoms with Gasteiger partial charge in [0.25, 0.3) is 0 Å². The first kappa shape index (κ1) is 11.8. The van der Waals surface area contributed by atoms with E-state index in [-0.39, 0.29) is 0 Å². The van der Waals surface area contributed by atoms with Gasteiger partial charge >= 0.3 is 11.5 Å². The SMILES string of the molecule is O=C(Cl)Nc1cccc(C(F)(F)F)c1F. The van der Waals surface area contributed by atoms with E-state index in [1.165, 1.54) is 0 Å². The number of hydrogen-bond donors (Lipinski definition) is 1. The molecular weight excluding hydrogens is 238 g/mol. The number of alkyl halides is 3. The van der Waals surface area contributed by atoms with E-state index in [0.29, 0.717) is 6.07 Å². The average Bonchev–Trinajstić information content (AvgIpc) is 2.05. The number of anilines is 1. The Morgan fingerprint density at radius 1 is 1.33 bits per heavy atom. The Morgan fingerprint density at radius 2 is 1.93 bits per heavy atom. The minimum Gasteiger partial charge on any atom is -0.310 e. The van der Waals surface area contributed by atoms with Gasteiger partial charge < -0.3 is 5.32 Å². The Balaban J connectivity index is 3.17. The second-order valence-corrected chi connectivity index (χ2v) is 2.91. The lowest BCUT2D eigenvalue weighted by molar-refractivity contribution is -0.139. The molecular formula is C8H4ClF4NO. The zero-order valence-electron chi connectivity index (χ0n) is 7.03. The monoisotopic (exact) mass is 241 g/mol. The predicted octanol–water partition coefficient (Wildman–Crippen LogP) is 3.62. The lowest BCUT2D eigenvalue weighted by atomic mass is 10.2. The van der Waals surface area contributed by atoms with Gasteiger partial charge in [0.1, 0.15) is 0 Å². The van der Waals surface area contributed by atoms with E-state index < -0.39 is 28.6 Å². The van der Waals surface area contributed by atoms with E-state index in [1.807, 2.05) is 0 Å². The predicted molar refractivity (Wildman–Crippen MR) is 46.3 cm³/mol. The Labute approximate surface area is 86.8 Å². The molecule has 0 saturated carbocycles. The molecule has 7 heteroatoms. The summed E-state index contributed by atoms with van der Waals surface area (Å²) in [5.74, 6) is -1.56. The number of carbonyl (C=O) groups excluding carboxylic acids is 1. The van der Waals surface area contributed by atoms with Crippen molar-refractivity contribution in [3.8, 4) is 0 Å². The van der Waals surface area contributed by atoms with Crippen LogP contribution in [0.5, 0.6) is 0 Å². The van der Waals surface area contributed by atoms with Crippen LogP contribution >= 0.6 is 11.6 Å². The Morgan fingerprint density at radius 3 is 2.40 bits per heavy atom. The van der Waals surface area contributed by atoms with Crippen molar-refractivity contribution in [2.45, 2.75) is 6.18 Å². The van der Waals surface area contributed by atoms with Gasteiger partial charge in [0.2, 0.25) is 0 Å². The molecule has 0 atom stereocenters. The largest absolute Gasteiger partial charge is 0.419 e. The fraction of sp³-hybridized carbons (Fsp3) is 0.125.